The van der Waals surface area contributed by atoms with Crippen molar-refractivity contribution in [3.05, 3.63) is 58.3 Å². The van der Waals surface area contributed by atoms with Crippen LogP contribution in [-0.2, 0) is 14.3 Å². The van der Waals surface area contributed by atoms with Crippen LogP contribution in [0.25, 0.3) is 0 Å². The Morgan fingerprint density at radius 3 is 2.48 bits per heavy atom. The Hall–Kier alpha value is -2.18. The van der Waals surface area contributed by atoms with E-state index in [0.717, 1.165) is 0 Å². The van der Waals surface area contributed by atoms with Gasteiger partial charge in [0.2, 0.25) is 6.10 Å². The quantitative estimate of drug-likeness (QED) is 0.808. The highest BCUT2D eigenvalue weighted by atomic mass is 32.1. The number of carbonyl (C=O) groups excluding carboxylic acids is 2. The van der Waals surface area contributed by atoms with Gasteiger partial charge in [-0.15, -0.1) is 11.3 Å². The molecule has 1 fully saturated rings. The van der Waals surface area contributed by atoms with Gasteiger partial charge in [0.15, 0.2) is 0 Å². The number of rotatable bonds is 4. The molecule has 2 aromatic rings. The summed E-state index contributed by atoms with van der Waals surface area (Å²) in [5.41, 5.74) is 0.675. The number of amides is 1. The van der Waals surface area contributed by atoms with Crippen molar-refractivity contribution in [1.82, 2.24) is 4.90 Å². The van der Waals surface area contributed by atoms with Crippen LogP contribution in [0.3, 0.4) is 0 Å². The molecule has 1 aliphatic rings. The molecule has 0 bridgehead atoms. The average molecular weight is 331 g/mol. The molecular formula is C17H17NO4S. The number of ether oxygens (including phenoxy) is 2. The Balaban J connectivity index is 1.81. The first kappa shape index (κ1) is 15.7. The lowest BCUT2D eigenvalue weighted by Gasteiger charge is -2.30. The number of carbonyl (C=O) groups is 2. The zero-order valence-corrected chi connectivity index (χ0v) is 13.3. The van der Waals surface area contributed by atoms with Crippen molar-refractivity contribution in [2.75, 3.05) is 26.3 Å². The van der Waals surface area contributed by atoms with E-state index in [9.17, 15) is 9.59 Å². The fourth-order valence-corrected chi connectivity index (χ4v) is 3.00. The number of benzene rings is 1. The highest BCUT2D eigenvalue weighted by Gasteiger charge is 2.30. The monoisotopic (exact) mass is 331 g/mol. The number of esters is 1. The van der Waals surface area contributed by atoms with Gasteiger partial charge >= 0.3 is 5.97 Å². The molecule has 23 heavy (non-hydrogen) atoms. The summed E-state index contributed by atoms with van der Waals surface area (Å²) in [7, 11) is 0. The van der Waals surface area contributed by atoms with Crippen LogP contribution in [-0.4, -0.2) is 43.1 Å². The highest BCUT2D eigenvalue weighted by Crippen LogP contribution is 2.23. The van der Waals surface area contributed by atoms with Crippen LogP contribution in [0, 0.1) is 0 Å². The molecular weight excluding hydrogens is 314 g/mol. The molecule has 0 N–H and O–H groups in total. The van der Waals surface area contributed by atoms with Crippen LogP contribution in [0.1, 0.15) is 21.3 Å². The standard InChI is InChI=1S/C17H17NO4S/c19-16(18-8-10-21-11-9-18)15(13-5-2-1-3-6-13)22-17(20)14-7-4-12-23-14/h1-7,12,15H,8-11H2. The van der Waals surface area contributed by atoms with Crippen molar-refractivity contribution >= 4 is 23.2 Å². The lowest BCUT2D eigenvalue weighted by atomic mass is 10.1. The van der Waals surface area contributed by atoms with Crippen LogP contribution < -0.4 is 0 Å². The molecule has 1 saturated heterocycles. The van der Waals surface area contributed by atoms with Crippen molar-refractivity contribution in [3.63, 3.8) is 0 Å². The van der Waals surface area contributed by atoms with Crippen LogP contribution in [0.5, 0.6) is 0 Å². The summed E-state index contributed by atoms with van der Waals surface area (Å²) in [5, 5.41) is 1.80. The van der Waals surface area contributed by atoms with Gasteiger partial charge in [-0.05, 0) is 11.4 Å². The van der Waals surface area contributed by atoms with Gasteiger partial charge in [-0.3, -0.25) is 4.79 Å². The largest absolute Gasteiger partial charge is 0.443 e. The second-order valence-electron chi connectivity index (χ2n) is 5.11. The zero-order valence-electron chi connectivity index (χ0n) is 12.5. The fraction of sp³-hybridized carbons (Fsp3) is 0.294. The molecule has 2 heterocycles. The summed E-state index contributed by atoms with van der Waals surface area (Å²) < 4.78 is 10.8. The molecule has 1 amide bonds. The normalized spacial score (nSPS) is 15.9. The van der Waals surface area contributed by atoms with Crippen molar-refractivity contribution in [3.8, 4) is 0 Å². The van der Waals surface area contributed by atoms with Crippen molar-refractivity contribution in [2.45, 2.75) is 6.10 Å². The van der Waals surface area contributed by atoms with Gasteiger partial charge < -0.3 is 14.4 Å². The van der Waals surface area contributed by atoms with E-state index in [4.69, 9.17) is 9.47 Å². The summed E-state index contributed by atoms with van der Waals surface area (Å²) >= 11 is 1.30. The Morgan fingerprint density at radius 1 is 1.09 bits per heavy atom. The summed E-state index contributed by atoms with van der Waals surface area (Å²) in [6.45, 7) is 2.04. The molecule has 0 saturated carbocycles. The molecule has 0 radical (unpaired) electrons. The lowest BCUT2D eigenvalue weighted by Crippen LogP contribution is -2.44. The van der Waals surface area contributed by atoms with E-state index >= 15 is 0 Å². The molecule has 5 nitrogen and oxygen atoms in total. The maximum atomic E-state index is 12.8. The van der Waals surface area contributed by atoms with Gasteiger partial charge in [-0.2, -0.15) is 0 Å². The van der Waals surface area contributed by atoms with E-state index in [-0.39, 0.29) is 5.91 Å². The van der Waals surface area contributed by atoms with Crippen LogP contribution in [0.15, 0.2) is 47.8 Å². The first-order valence-electron chi connectivity index (χ1n) is 7.41. The Labute approximate surface area is 138 Å². The maximum Gasteiger partial charge on any atom is 0.349 e. The minimum atomic E-state index is -0.927. The fourth-order valence-electron chi connectivity index (χ4n) is 2.40. The third-order valence-corrected chi connectivity index (χ3v) is 4.45. The number of hydrogen-bond donors (Lipinski definition) is 0. The van der Waals surface area contributed by atoms with E-state index in [1.54, 1.807) is 34.5 Å². The molecule has 3 rings (SSSR count). The van der Waals surface area contributed by atoms with E-state index in [0.29, 0.717) is 36.7 Å². The second kappa shape index (κ2) is 7.39. The molecule has 1 aromatic heterocycles. The van der Waals surface area contributed by atoms with Gasteiger partial charge in [0.25, 0.3) is 5.91 Å². The molecule has 1 aromatic carbocycles. The van der Waals surface area contributed by atoms with E-state index in [2.05, 4.69) is 0 Å². The van der Waals surface area contributed by atoms with Crippen molar-refractivity contribution in [1.29, 1.82) is 0 Å². The topological polar surface area (TPSA) is 55.8 Å². The van der Waals surface area contributed by atoms with Crippen LogP contribution in [0.2, 0.25) is 0 Å². The summed E-state index contributed by atoms with van der Waals surface area (Å²) in [6.07, 6.45) is -0.927. The van der Waals surface area contributed by atoms with Gasteiger partial charge in [-0.1, -0.05) is 36.4 Å². The molecule has 0 aliphatic carbocycles. The number of hydrogen-bond acceptors (Lipinski definition) is 5. The third-order valence-electron chi connectivity index (χ3n) is 3.60. The van der Waals surface area contributed by atoms with E-state index < -0.39 is 12.1 Å². The lowest BCUT2D eigenvalue weighted by molar-refractivity contribution is -0.145. The molecule has 1 aliphatic heterocycles. The van der Waals surface area contributed by atoms with E-state index in [1.165, 1.54) is 11.3 Å². The number of thiophene rings is 1. The minimum Gasteiger partial charge on any atom is -0.443 e. The summed E-state index contributed by atoms with van der Waals surface area (Å²) in [5.74, 6) is -0.681. The second-order valence-corrected chi connectivity index (χ2v) is 6.06. The van der Waals surface area contributed by atoms with Crippen LogP contribution in [0.4, 0.5) is 0 Å². The average Bonchev–Trinajstić information content (AvgIpc) is 3.15. The molecule has 6 heteroatoms. The zero-order chi connectivity index (χ0) is 16.1. The molecule has 1 unspecified atom stereocenters. The smallest absolute Gasteiger partial charge is 0.349 e. The van der Waals surface area contributed by atoms with Gasteiger partial charge in [0.1, 0.15) is 4.88 Å². The SMILES string of the molecule is O=C(OC(C(=O)N1CCOCC1)c1ccccc1)c1cccs1. The van der Waals surface area contributed by atoms with Crippen molar-refractivity contribution < 1.29 is 19.1 Å². The maximum absolute atomic E-state index is 12.8. The molecule has 1 atom stereocenters. The Morgan fingerprint density at radius 2 is 1.83 bits per heavy atom. The minimum absolute atomic E-state index is 0.204. The molecule has 120 valence electrons. The number of nitrogens with zero attached hydrogens (tertiary/aromatic N) is 1. The molecule has 0 spiro atoms. The predicted molar refractivity (Wildman–Crippen MR) is 86.3 cm³/mol. The van der Waals surface area contributed by atoms with Crippen LogP contribution >= 0.6 is 11.3 Å². The summed E-state index contributed by atoms with van der Waals surface area (Å²) in [4.78, 5) is 27.2. The summed E-state index contributed by atoms with van der Waals surface area (Å²) in [6, 6.07) is 12.6. The van der Waals surface area contributed by atoms with E-state index in [1.807, 2.05) is 18.2 Å². The Kier molecular flexibility index (Phi) is 5.05. The Bertz CT molecular complexity index is 650. The predicted octanol–water partition coefficient (Wildman–Crippen LogP) is 2.51. The van der Waals surface area contributed by atoms with Gasteiger partial charge in [0.05, 0.1) is 13.2 Å². The highest BCUT2D eigenvalue weighted by molar-refractivity contribution is 7.11. The van der Waals surface area contributed by atoms with Gasteiger partial charge in [-0.25, -0.2) is 4.79 Å². The number of morpholine rings is 1. The first-order valence-corrected chi connectivity index (χ1v) is 8.29. The van der Waals surface area contributed by atoms with Crippen molar-refractivity contribution in [2.24, 2.45) is 0 Å². The first-order chi connectivity index (χ1) is 11.3. The third kappa shape index (κ3) is 3.78. The van der Waals surface area contributed by atoms with Gasteiger partial charge in [0, 0.05) is 18.7 Å².